The fourth-order valence-electron chi connectivity index (χ4n) is 0.144. The lowest BCUT2D eigenvalue weighted by molar-refractivity contribution is 0.0367. The highest BCUT2D eigenvalue weighted by Gasteiger charge is 1.94. The van der Waals surface area contributed by atoms with E-state index in [2.05, 4.69) is 0 Å². The van der Waals surface area contributed by atoms with Crippen molar-refractivity contribution in [3.8, 4) is 0 Å². The van der Waals surface area contributed by atoms with Gasteiger partial charge in [-0.05, 0) is 6.42 Å². The van der Waals surface area contributed by atoms with Crippen molar-refractivity contribution in [2.75, 3.05) is 13.2 Å². The molecule has 1 aliphatic rings. The van der Waals surface area contributed by atoms with Gasteiger partial charge in [-0.1, -0.05) is 0 Å². The number of hydrogen-bond acceptors (Lipinski definition) is 4. The first-order chi connectivity index (χ1) is 3.73. The molecule has 50 valence electrons. The van der Waals surface area contributed by atoms with Gasteiger partial charge in [0.05, 0.1) is 0 Å². The Bertz CT molecular complexity index is 37.8. The van der Waals surface area contributed by atoms with Gasteiger partial charge >= 0.3 is 8.60 Å². The van der Waals surface area contributed by atoms with Crippen molar-refractivity contribution < 1.29 is 19.4 Å². The molecule has 0 aromatic carbocycles. The topological polar surface area (TPSA) is 69.9 Å². The van der Waals surface area contributed by atoms with Crippen LogP contribution < -0.4 is 0 Å². The van der Waals surface area contributed by atoms with Crippen molar-refractivity contribution in [1.29, 1.82) is 0 Å². The standard InChI is InChI=1S/C3H6O.H3O3P/c1-2-4-3-1;1-4(2)3/h1-3H2;1-3H. The minimum atomic E-state index is -2.62. The summed E-state index contributed by atoms with van der Waals surface area (Å²) in [6.07, 6.45) is 1.28. The van der Waals surface area contributed by atoms with Crippen LogP contribution >= 0.6 is 8.60 Å². The van der Waals surface area contributed by atoms with Gasteiger partial charge in [0.2, 0.25) is 0 Å². The third-order valence-corrected chi connectivity index (χ3v) is 0.577. The van der Waals surface area contributed by atoms with E-state index >= 15 is 0 Å². The molecule has 8 heavy (non-hydrogen) atoms. The molecule has 1 rings (SSSR count). The summed E-state index contributed by atoms with van der Waals surface area (Å²) in [4.78, 5) is 21.7. The van der Waals surface area contributed by atoms with E-state index < -0.39 is 8.60 Å². The average Bonchev–Trinajstić information content (AvgIpc) is 1.19. The molecule has 1 heterocycles. The Morgan fingerprint density at radius 1 is 1.12 bits per heavy atom. The molecule has 0 unspecified atom stereocenters. The van der Waals surface area contributed by atoms with Crippen LogP contribution in [0, 0.1) is 0 Å². The molecule has 0 amide bonds. The van der Waals surface area contributed by atoms with Crippen molar-refractivity contribution in [1.82, 2.24) is 0 Å². The summed E-state index contributed by atoms with van der Waals surface area (Å²) >= 11 is 0. The number of hydrogen-bond donors (Lipinski definition) is 3. The molecule has 0 aromatic heterocycles. The predicted molar refractivity (Wildman–Crippen MR) is 29.0 cm³/mol. The first-order valence-corrected chi connectivity index (χ1v) is 3.38. The zero-order chi connectivity index (χ0) is 6.41. The van der Waals surface area contributed by atoms with Gasteiger partial charge in [-0.2, -0.15) is 0 Å². The van der Waals surface area contributed by atoms with Gasteiger partial charge in [0.15, 0.2) is 0 Å². The molecule has 5 heteroatoms. The third kappa shape index (κ3) is 9.55. The number of ether oxygens (including phenoxy) is 1. The fourth-order valence-corrected chi connectivity index (χ4v) is 0.144. The van der Waals surface area contributed by atoms with Crippen molar-refractivity contribution in [2.24, 2.45) is 0 Å². The minimum Gasteiger partial charge on any atom is -0.381 e. The summed E-state index contributed by atoms with van der Waals surface area (Å²) in [6, 6.07) is 0. The fraction of sp³-hybridized carbons (Fsp3) is 1.00. The van der Waals surface area contributed by atoms with E-state index in [9.17, 15) is 0 Å². The maximum Gasteiger partial charge on any atom is 0.324 e. The zero-order valence-electron chi connectivity index (χ0n) is 4.32. The molecule has 0 aliphatic carbocycles. The second kappa shape index (κ2) is 5.41. The monoisotopic (exact) mass is 140 g/mol. The Labute approximate surface area is 48.7 Å². The van der Waals surface area contributed by atoms with Crippen LogP contribution in [0.4, 0.5) is 0 Å². The van der Waals surface area contributed by atoms with E-state index in [1.54, 1.807) is 0 Å². The van der Waals surface area contributed by atoms with Gasteiger partial charge in [-0.25, -0.2) is 0 Å². The predicted octanol–water partition coefficient (Wildman–Crippen LogP) is -0.403. The van der Waals surface area contributed by atoms with Gasteiger partial charge < -0.3 is 19.4 Å². The first-order valence-electron chi connectivity index (χ1n) is 2.18. The molecule has 1 saturated heterocycles. The SMILES string of the molecule is C1COC1.OP(O)O. The molecular formula is C3H9O4P. The van der Waals surface area contributed by atoms with Gasteiger partial charge in [0.25, 0.3) is 0 Å². The van der Waals surface area contributed by atoms with Gasteiger partial charge in [-0.3, -0.25) is 0 Å². The molecule has 0 radical (unpaired) electrons. The maximum absolute atomic E-state index is 7.23. The van der Waals surface area contributed by atoms with E-state index in [4.69, 9.17) is 19.4 Å². The third-order valence-electron chi connectivity index (χ3n) is 0.577. The average molecular weight is 140 g/mol. The van der Waals surface area contributed by atoms with Crippen LogP contribution in [-0.2, 0) is 4.74 Å². The Balaban J connectivity index is 0.000000122. The van der Waals surface area contributed by atoms with E-state index in [0.29, 0.717) is 0 Å². The van der Waals surface area contributed by atoms with Crippen LogP contribution in [0.5, 0.6) is 0 Å². The van der Waals surface area contributed by atoms with Crippen molar-refractivity contribution in [3.05, 3.63) is 0 Å². The molecule has 0 saturated carbocycles. The van der Waals surface area contributed by atoms with Crippen LogP contribution in [0.2, 0.25) is 0 Å². The summed E-state index contributed by atoms with van der Waals surface area (Å²) < 4.78 is 4.72. The zero-order valence-corrected chi connectivity index (χ0v) is 5.21. The highest BCUT2D eigenvalue weighted by atomic mass is 31.2. The van der Waals surface area contributed by atoms with Crippen LogP contribution in [0.25, 0.3) is 0 Å². The first kappa shape index (κ1) is 8.27. The highest BCUT2D eigenvalue weighted by Crippen LogP contribution is 2.11. The van der Waals surface area contributed by atoms with Crippen LogP contribution in [0.15, 0.2) is 0 Å². The Kier molecular flexibility index (Phi) is 5.59. The second-order valence-corrected chi connectivity index (χ2v) is 1.77. The highest BCUT2D eigenvalue weighted by molar-refractivity contribution is 7.38. The van der Waals surface area contributed by atoms with E-state index in [0.717, 1.165) is 13.2 Å². The van der Waals surface area contributed by atoms with Crippen molar-refractivity contribution in [3.63, 3.8) is 0 Å². The van der Waals surface area contributed by atoms with E-state index in [-0.39, 0.29) is 0 Å². The van der Waals surface area contributed by atoms with Gasteiger partial charge in [0.1, 0.15) is 0 Å². The Hall–Kier alpha value is 0.270. The maximum atomic E-state index is 7.23. The van der Waals surface area contributed by atoms with E-state index in [1.165, 1.54) is 6.42 Å². The molecule has 0 bridgehead atoms. The van der Waals surface area contributed by atoms with Crippen molar-refractivity contribution >= 4 is 8.60 Å². The quantitative estimate of drug-likeness (QED) is 0.400. The lowest BCUT2D eigenvalue weighted by atomic mass is 10.4. The molecule has 1 aliphatic heterocycles. The Morgan fingerprint density at radius 3 is 1.25 bits per heavy atom. The minimum absolute atomic E-state index is 1.00. The van der Waals surface area contributed by atoms with E-state index in [1.807, 2.05) is 0 Å². The second-order valence-electron chi connectivity index (χ2n) is 1.23. The molecule has 0 atom stereocenters. The lowest BCUT2D eigenvalue weighted by Gasteiger charge is -2.09. The molecule has 3 N–H and O–H groups in total. The molecule has 1 fully saturated rings. The Morgan fingerprint density at radius 2 is 1.25 bits per heavy atom. The van der Waals surface area contributed by atoms with Gasteiger partial charge in [-0.15, -0.1) is 0 Å². The summed E-state index contributed by atoms with van der Waals surface area (Å²) in [5.74, 6) is 0. The summed E-state index contributed by atoms with van der Waals surface area (Å²) in [5.41, 5.74) is 0. The summed E-state index contributed by atoms with van der Waals surface area (Å²) in [6.45, 7) is 2.00. The largest absolute Gasteiger partial charge is 0.381 e. The van der Waals surface area contributed by atoms with Crippen molar-refractivity contribution in [2.45, 2.75) is 6.42 Å². The van der Waals surface area contributed by atoms with Crippen LogP contribution in [0.3, 0.4) is 0 Å². The van der Waals surface area contributed by atoms with Gasteiger partial charge in [0, 0.05) is 13.2 Å². The lowest BCUT2D eigenvalue weighted by Crippen LogP contribution is -2.09. The normalized spacial score (nSPS) is 16.5. The molecule has 4 nitrogen and oxygen atoms in total. The molecular weight excluding hydrogens is 131 g/mol. The smallest absolute Gasteiger partial charge is 0.324 e. The summed E-state index contributed by atoms with van der Waals surface area (Å²) in [5, 5.41) is 0. The summed E-state index contributed by atoms with van der Waals surface area (Å²) in [7, 11) is -2.62. The molecule has 0 spiro atoms. The number of rotatable bonds is 0. The molecule has 0 aromatic rings. The van der Waals surface area contributed by atoms with Crippen LogP contribution in [0.1, 0.15) is 6.42 Å². The van der Waals surface area contributed by atoms with Crippen LogP contribution in [-0.4, -0.2) is 27.9 Å².